The third kappa shape index (κ3) is 2.85. The van der Waals surface area contributed by atoms with Gasteiger partial charge in [-0.3, -0.25) is 0 Å². The van der Waals surface area contributed by atoms with E-state index in [1.54, 1.807) is 24.3 Å². The van der Waals surface area contributed by atoms with Gasteiger partial charge in [0, 0.05) is 10.2 Å². The van der Waals surface area contributed by atoms with Crippen LogP contribution in [0.5, 0.6) is 0 Å². The van der Waals surface area contributed by atoms with E-state index >= 15 is 0 Å². The standard InChI is InChI=1S/C14H9BrN4/c15-11-2-4-14(13(18)6-11)19-12-3-1-9(7-16)10(5-12)8-17/h1-6,19H,18H2. The average molecular weight is 313 g/mol. The third-order valence-electron chi connectivity index (χ3n) is 2.55. The predicted octanol–water partition coefficient (Wildman–Crippen LogP) is 3.52. The summed E-state index contributed by atoms with van der Waals surface area (Å²) in [4.78, 5) is 0. The molecule has 0 aromatic heterocycles. The first-order chi connectivity index (χ1) is 9.13. The van der Waals surface area contributed by atoms with Crippen LogP contribution in [0.1, 0.15) is 11.1 Å². The highest BCUT2D eigenvalue weighted by molar-refractivity contribution is 9.10. The Labute approximate surface area is 119 Å². The lowest BCUT2D eigenvalue weighted by Crippen LogP contribution is -1.97. The number of nitriles is 2. The topological polar surface area (TPSA) is 85.6 Å². The summed E-state index contributed by atoms with van der Waals surface area (Å²) in [6.45, 7) is 0. The Hall–Kier alpha value is -2.50. The van der Waals surface area contributed by atoms with Crippen LogP contribution in [0.4, 0.5) is 17.1 Å². The normalized spacial score (nSPS) is 9.42. The van der Waals surface area contributed by atoms with Crippen molar-refractivity contribution in [2.75, 3.05) is 11.1 Å². The minimum atomic E-state index is 0.336. The van der Waals surface area contributed by atoms with Gasteiger partial charge < -0.3 is 11.1 Å². The van der Waals surface area contributed by atoms with Crippen LogP contribution in [0.15, 0.2) is 40.9 Å². The summed E-state index contributed by atoms with van der Waals surface area (Å²) in [7, 11) is 0. The maximum Gasteiger partial charge on any atom is 0.101 e. The number of benzene rings is 2. The van der Waals surface area contributed by atoms with Crippen LogP contribution in [-0.2, 0) is 0 Å². The van der Waals surface area contributed by atoms with Crippen molar-refractivity contribution in [3.05, 3.63) is 52.0 Å². The lowest BCUT2D eigenvalue weighted by molar-refractivity contribution is 1.42. The number of halogens is 1. The zero-order chi connectivity index (χ0) is 13.8. The summed E-state index contributed by atoms with van der Waals surface area (Å²) < 4.78 is 0.896. The van der Waals surface area contributed by atoms with Crippen LogP contribution in [0, 0.1) is 22.7 Å². The SMILES string of the molecule is N#Cc1ccc(Nc2ccc(Br)cc2N)cc1C#N. The molecule has 2 aromatic carbocycles. The number of rotatable bonds is 2. The molecule has 0 saturated heterocycles. The van der Waals surface area contributed by atoms with Crippen LogP contribution in [0.2, 0.25) is 0 Å². The second kappa shape index (κ2) is 5.43. The van der Waals surface area contributed by atoms with Crippen LogP contribution in [-0.4, -0.2) is 0 Å². The second-order valence-electron chi connectivity index (χ2n) is 3.84. The van der Waals surface area contributed by atoms with Gasteiger partial charge in [0.15, 0.2) is 0 Å². The Morgan fingerprint density at radius 3 is 2.37 bits per heavy atom. The molecule has 0 aliphatic rings. The zero-order valence-corrected chi connectivity index (χ0v) is 11.4. The van der Waals surface area contributed by atoms with E-state index in [1.807, 2.05) is 24.3 Å². The van der Waals surface area contributed by atoms with Gasteiger partial charge in [-0.05, 0) is 36.4 Å². The van der Waals surface area contributed by atoms with E-state index in [-0.39, 0.29) is 0 Å². The number of nitrogen functional groups attached to an aromatic ring is 1. The van der Waals surface area contributed by atoms with Gasteiger partial charge in [0.25, 0.3) is 0 Å². The van der Waals surface area contributed by atoms with Gasteiger partial charge in [0.1, 0.15) is 12.1 Å². The summed E-state index contributed by atoms with van der Waals surface area (Å²) >= 11 is 3.34. The number of hydrogen-bond acceptors (Lipinski definition) is 4. The molecule has 0 amide bonds. The fraction of sp³-hybridized carbons (Fsp3) is 0. The average Bonchev–Trinajstić information content (AvgIpc) is 2.41. The van der Waals surface area contributed by atoms with E-state index in [2.05, 4.69) is 21.2 Å². The first-order valence-electron chi connectivity index (χ1n) is 5.40. The molecule has 0 radical (unpaired) electrons. The lowest BCUT2D eigenvalue weighted by atomic mass is 10.1. The fourth-order valence-electron chi connectivity index (χ4n) is 1.61. The van der Waals surface area contributed by atoms with Crippen LogP contribution < -0.4 is 11.1 Å². The molecule has 0 heterocycles. The molecule has 0 spiro atoms. The highest BCUT2D eigenvalue weighted by Gasteiger charge is 2.05. The molecule has 0 aliphatic heterocycles. The summed E-state index contributed by atoms with van der Waals surface area (Å²) in [6, 6.07) is 14.4. The Balaban J connectivity index is 2.34. The van der Waals surface area contributed by atoms with Crippen LogP contribution >= 0.6 is 15.9 Å². The van der Waals surface area contributed by atoms with Crippen molar-refractivity contribution in [2.24, 2.45) is 0 Å². The Morgan fingerprint density at radius 1 is 1.00 bits per heavy atom. The van der Waals surface area contributed by atoms with Gasteiger partial charge in [-0.1, -0.05) is 15.9 Å². The minimum Gasteiger partial charge on any atom is -0.397 e. The maximum atomic E-state index is 8.97. The first-order valence-corrected chi connectivity index (χ1v) is 6.19. The van der Waals surface area contributed by atoms with Gasteiger partial charge in [0.05, 0.1) is 22.5 Å². The Morgan fingerprint density at radius 2 is 1.74 bits per heavy atom. The number of nitrogens with one attached hydrogen (secondary N) is 1. The zero-order valence-electron chi connectivity index (χ0n) is 9.81. The monoisotopic (exact) mass is 312 g/mol. The smallest absolute Gasteiger partial charge is 0.101 e. The minimum absolute atomic E-state index is 0.336. The molecule has 19 heavy (non-hydrogen) atoms. The molecular formula is C14H9BrN4. The van der Waals surface area contributed by atoms with E-state index < -0.39 is 0 Å². The largest absolute Gasteiger partial charge is 0.397 e. The van der Waals surface area contributed by atoms with Crippen LogP contribution in [0.3, 0.4) is 0 Å². The Kier molecular flexibility index (Phi) is 3.70. The number of anilines is 3. The first kappa shape index (κ1) is 12.9. The van der Waals surface area contributed by atoms with Crippen molar-refractivity contribution in [3.63, 3.8) is 0 Å². The summed E-state index contributed by atoms with van der Waals surface area (Å²) in [5.74, 6) is 0. The maximum absolute atomic E-state index is 8.97. The van der Waals surface area contributed by atoms with Gasteiger partial charge in [-0.2, -0.15) is 10.5 Å². The number of nitrogens with two attached hydrogens (primary N) is 1. The molecule has 3 N–H and O–H groups in total. The quantitative estimate of drug-likeness (QED) is 0.831. The van der Waals surface area contributed by atoms with Crippen LogP contribution in [0.25, 0.3) is 0 Å². The molecule has 0 aliphatic carbocycles. The predicted molar refractivity (Wildman–Crippen MR) is 77.7 cm³/mol. The van der Waals surface area contributed by atoms with Gasteiger partial charge in [-0.15, -0.1) is 0 Å². The molecule has 0 unspecified atom stereocenters. The summed E-state index contributed by atoms with van der Waals surface area (Å²) in [5.41, 5.74) is 8.63. The highest BCUT2D eigenvalue weighted by atomic mass is 79.9. The van der Waals surface area contributed by atoms with Crippen molar-refractivity contribution in [2.45, 2.75) is 0 Å². The molecule has 5 heteroatoms. The summed E-state index contributed by atoms with van der Waals surface area (Å²) in [5, 5.41) is 20.9. The molecule has 2 aromatic rings. The van der Waals surface area contributed by atoms with E-state index in [4.69, 9.17) is 16.3 Å². The molecule has 4 nitrogen and oxygen atoms in total. The van der Waals surface area contributed by atoms with Crippen molar-refractivity contribution < 1.29 is 0 Å². The third-order valence-corrected chi connectivity index (χ3v) is 3.05. The summed E-state index contributed by atoms with van der Waals surface area (Å²) in [6.07, 6.45) is 0. The molecular weight excluding hydrogens is 304 g/mol. The molecule has 2 rings (SSSR count). The van der Waals surface area contributed by atoms with Crippen molar-refractivity contribution in [1.82, 2.24) is 0 Å². The van der Waals surface area contributed by atoms with E-state index in [9.17, 15) is 0 Å². The number of hydrogen-bond donors (Lipinski definition) is 2. The van der Waals surface area contributed by atoms with Crippen molar-refractivity contribution in [1.29, 1.82) is 10.5 Å². The molecule has 0 fully saturated rings. The molecule has 0 saturated carbocycles. The lowest BCUT2D eigenvalue weighted by Gasteiger charge is -2.10. The van der Waals surface area contributed by atoms with Crippen molar-refractivity contribution in [3.8, 4) is 12.1 Å². The van der Waals surface area contributed by atoms with Gasteiger partial charge in [0.2, 0.25) is 0 Å². The van der Waals surface area contributed by atoms with E-state index in [0.717, 1.165) is 10.2 Å². The number of nitrogens with zero attached hydrogens (tertiary/aromatic N) is 2. The highest BCUT2D eigenvalue weighted by Crippen LogP contribution is 2.27. The Bertz CT molecular complexity index is 710. The van der Waals surface area contributed by atoms with Gasteiger partial charge in [-0.25, -0.2) is 0 Å². The van der Waals surface area contributed by atoms with E-state index in [0.29, 0.717) is 22.5 Å². The molecule has 0 atom stereocenters. The fourth-order valence-corrected chi connectivity index (χ4v) is 1.99. The molecule has 0 bridgehead atoms. The van der Waals surface area contributed by atoms with Crippen molar-refractivity contribution >= 4 is 33.0 Å². The van der Waals surface area contributed by atoms with Gasteiger partial charge >= 0.3 is 0 Å². The molecule has 92 valence electrons. The second-order valence-corrected chi connectivity index (χ2v) is 4.76. The van der Waals surface area contributed by atoms with E-state index in [1.165, 1.54) is 0 Å².